The monoisotopic (exact) mass is 236 g/mol. The third-order valence-corrected chi connectivity index (χ3v) is 3.94. The number of hydrogen-bond acceptors (Lipinski definition) is 3. The van der Waals surface area contributed by atoms with Crippen molar-refractivity contribution in [2.45, 2.75) is 31.8 Å². The Kier molecular flexibility index (Phi) is 2.80. The van der Waals surface area contributed by atoms with Crippen LogP contribution in [0.4, 0.5) is 0 Å². The number of fused-ring (bicyclic) bond motifs is 1. The zero-order valence-corrected chi connectivity index (χ0v) is 10.3. The Balaban J connectivity index is 1.93. The second-order valence-electron chi connectivity index (χ2n) is 5.21. The van der Waals surface area contributed by atoms with Gasteiger partial charge in [0.15, 0.2) is 0 Å². The highest BCUT2D eigenvalue weighted by Gasteiger charge is 2.24. The predicted octanol–water partition coefficient (Wildman–Crippen LogP) is 0.0888. The Labute approximate surface area is 101 Å². The van der Waals surface area contributed by atoms with Crippen LogP contribution in [-0.2, 0) is 13.0 Å². The molecular formula is C12H20N4O. The van der Waals surface area contributed by atoms with Gasteiger partial charge in [-0.2, -0.15) is 0 Å². The summed E-state index contributed by atoms with van der Waals surface area (Å²) in [6, 6.07) is 0.361. The number of aromatic nitrogens is 2. The molecule has 94 valence electrons. The molecule has 0 radical (unpaired) electrons. The maximum Gasteiger partial charge on any atom is 0.271 e. The van der Waals surface area contributed by atoms with Crippen molar-refractivity contribution in [1.82, 2.24) is 20.0 Å². The number of likely N-dealkylation sites (N-methyl/N-ethyl adjacent to an activating group) is 1. The minimum absolute atomic E-state index is 0.207. The average Bonchev–Trinajstić information content (AvgIpc) is 2.68. The molecule has 2 aliphatic heterocycles. The van der Waals surface area contributed by atoms with Crippen molar-refractivity contribution in [1.29, 1.82) is 0 Å². The van der Waals surface area contributed by atoms with E-state index < -0.39 is 0 Å². The van der Waals surface area contributed by atoms with E-state index in [9.17, 15) is 4.79 Å². The van der Waals surface area contributed by atoms with Crippen molar-refractivity contribution in [3.05, 3.63) is 21.6 Å². The van der Waals surface area contributed by atoms with E-state index in [0.717, 1.165) is 56.7 Å². The van der Waals surface area contributed by atoms with Gasteiger partial charge in [-0.05, 0) is 33.0 Å². The standard InChI is InChI=1S/C12H20N4O/c1-15-7-4-11-10(8-15)12(17)16(14-11)9-2-5-13-6-3-9/h9,13-14H,2-8H2,1H3. The van der Waals surface area contributed by atoms with E-state index in [4.69, 9.17) is 0 Å². The third kappa shape index (κ3) is 1.93. The van der Waals surface area contributed by atoms with E-state index in [0.29, 0.717) is 6.04 Å². The first-order valence-corrected chi connectivity index (χ1v) is 6.47. The number of hydrogen-bond donors (Lipinski definition) is 2. The molecule has 0 amide bonds. The Bertz CT molecular complexity index is 456. The lowest BCUT2D eigenvalue weighted by atomic mass is 10.1. The zero-order valence-electron chi connectivity index (χ0n) is 10.3. The molecule has 17 heavy (non-hydrogen) atoms. The van der Waals surface area contributed by atoms with Crippen LogP contribution in [0.5, 0.6) is 0 Å². The molecule has 1 fully saturated rings. The van der Waals surface area contributed by atoms with E-state index in [2.05, 4.69) is 22.4 Å². The number of rotatable bonds is 1. The molecule has 0 aliphatic carbocycles. The van der Waals surface area contributed by atoms with Crippen LogP contribution in [0.2, 0.25) is 0 Å². The molecule has 0 atom stereocenters. The Morgan fingerprint density at radius 1 is 1.29 bits per heavy atom. The van der Waals surface area contributed by atoms with Gasteiger partial charge >= 0.3 is 0 Å². The average molecular weight is 236 g/mol. The van der Waals surface area contributed by atoms with E-state index in [1.807, 2.05) is 4.68 Å². The van der Waals surface area contributed by atoms with E-state index in [1.165, 1.54) is 0 Å². The summed E-state index contributed by atoms with van der Waals surface area (Å²) in [5.41, 5.74) is 2.35. The summed E-state index contributed by atoms with van der Waals surface area (Å²) in [7, 11) is 2.07. The summed E-state index contributed by atoms with van der Waals surface area (Å²) in [5.74, 6) is 0. The lowest BCUT2D eigenvalue weighted by Crippen LogP contribution is -2.34. The molecule has 5 heteroatoms. The van der Waals surface area contributed by atoms with Gasteiger partial charge in [-0.3, -0.25) is 9.89 Å². The van der Waals surface area contributed by atoms with Gasteiger partial charge in [-0.1, -0.05) is 0 Å². The largest absolute Gasteiger partial charge is 0.317 e. The van der Waals surface area contributed by atoms with E-state index in [1.54, 1.807) is 0 Å². The molecule has 0 bridgehead atoms. The number of H-pyrrole nitrogens is 1. The van der Waals surface area contributed by atoms with Crippen LogP contribution >= 0.6 is 0 Å². The van der Waals surface area contributed by atoms with Crippen LogP contribution in [0.3, 0.4) is 0 Å². The van der Waals surface area contributed by atoms with Gasteiger partial charge in [0.1, 0.15) is 0 Å². The van der Waals surface area contributed by atoms with Gasteiger partial charge in [0.2, 0.25) is 0 Å². The molecule has 2 N–H and O–H groups in total. The summed E-state index contributed by atoms with van der Waals surface area (Å²) in [5, 5.41) is 6.68. The van der Waals surface area contributed by atoms with Gasteiger partial charge in [0.25, 0.3) is 5.56 Å². The van der Waals surface area contributed by atoms with Crippen molar-refractivity contribution in [2.75, 3.05) is 26.7 Å². The van der Waals surface area contributed by atoms with Crippen LogP contribution in [-0.4, -0.2) is 41.4 Å². The molecule has 0 aromatic carbocycles. The first kappa shape index (κ1) is 11.0. The molecule has 5 nitrogen and oxygen atoms in total. The van der Waals surface area contributed by atoms with Crippen LogP contribution in [0.1, 0.15) is 30.1 Å². The van der Waals surface area contributed by atoms with Crippen molar-refractivity contribution >= 4 is 0 Å². The third-order valence-electron chi connectivity index (χ3n) is 3.94. The smallest absolute Gasteiger partial charge is 0.271 e. The van der Waals surface area contributed by atoms with E-state index in [-0.39, 0.29) is 5.56 Å². The Morgan fingerprint density at radius 2 is 2.06 bits per heavy atom. The Hall–Kier alpha value is -1.07. The topological polar surface area (TPSA) is 53.1 Å². The number of nitrogens with zero attached hydrogens (tertiary/aromatic N) is 2. The molecule has 1 aromatic heterocycles. The Morgan fingerprint density at radius 3 is 2.82 bits per heavy atom. The fourth-order valence-corrected chi connectivity index (χ4v) is 2.88. The van der Waals surface area contributed by atoms with Crippen LogP contribution < -0.4 is 10.9 Å². The van der Waals surface area contributed by atoms with E-state index >= 15 is 0 Å². The fraction of sp³-hybridized carbons (Fsp3) is 0.750. The minimum atomic E-state index is 0.207. The second-order valence-corrected chi connectivity index (χ2v) is 5.21. The van der Waals surface area contributed by atoms with Gasteiger partial charge in [0, 0.05) is 25.2 Å². The number of nitrogens with one attached hydrogen (secondary N) is 2. The predicted molar refractivity (Wildman–Crippen MR) is 66.2 cm³/mol. The summed E-state index contributed by atoms with van der Waals surface area (Å²) in [4.78, 5) is 14.6. The SMILES string of the molecule is CN1CCc2[nH]n(C3CCNCC3)c(=O)c2C1. The van der Waals surface area contributed by atoms with Gasteiger partial charge < -0.3 is 10.2 Å². The maximum atomic E-state index is 12.3. The van der Waals surface area contributed by atoms with Gasteiger partial charge in [0.05, 0.1) is 11.6 Å². The van der Waals surface area contributed by atoms with Crippen molar-refractivity contribution in [3.63, 3.8) is 0 Å². The first-order chi connectivity index (χ1) is 8.25. The van der Waals surface area contributed by atoms with Crippen molar-refractivity contribution in [3.8, 4) is 0 Å². The molecule has 0 unspecified atom stereocenters. The molecule has 3 rings (SSSR count). The molecule has 2 aliphatic rings. The first-order valence-electron chi connectivity index (χ1n) is 6.47. The fourth-order valence-electron chi connectivity index (χ4n) is 2.88. The van der Waals surface area contributed by atoms with Gasteiger partial charge in [-0.25, -0.2) is 4.68 Å². The highest BCUT2D eigenvalue weighted by molar-refractivity contribution is 5.20. The number of aromatic amines is 1. The van der Waals surface area contributed by atoms with Crippen LogP contribution in [0, 0.1) is 0 Å². The lowest BCUT2D eigenvalue weighted by molar-refractivity contribution is 0.311. The highest BCUT2D eigenvalue weighted by atomic mass is 16.1. The van der Waals surface area contributed by atoms with Crippen LogP contribution in [0.15, 0.2) is 4.79 Å². The summed E-state index contributed by atoms with van der Waals surface area (Å²) in [6.07, 6.45) is 3.07. The van der Waals surface area contributed by atoms with Crippen molar-refractivity contribution < 1.29 is 0 Å². The van der Waals surface area contributed by atoms with Gasteiger partial charge in [-0.15, -0.1) is 0 Å². The second kappa shape index (κ2) is 4.31. The summed E-state index contributed by atoms with van der Waals surface area (Å²) < 4.78 is 1.88. The van der Waals surface area contributed by atoms with Crippen molar-refractivity contribution in [2.24, 2.45) is 0 Å². The molecule has 1 saturated heterocycles. The molecule has 3 heterocycles. The molecule has 1 aromatic rings. The van der Waals surface area contributed by atoms with Crippen LogP contribution in [0.25, 0.3) is 0 Å². The molecule has 0 spiro atoms. The minimum Gasteiger partial charge on any atom is -0.317 e. The molecular weight excluding hydrogens is 216 g/mol. The molecule has 0 saturated carbocycles. The quantitative estimate of drug-likeness (QED) is 0.726. The summed E-state index contributed by atoms with van der Waals surface area (Å²) >= 11 is 0. The highest BCUT2D eigenvalue weighted by Crippen LogP contribution is 2.19. The summed E-state index contributed by atoms with van der Waals surface area (Å²) in [6.45, 7) is 3.86. The maximum absolute atomic E-state index is 12.3. The normalized spacial score (nSPS) is 22.6. The lowest BCUT2D eigenvalue weighted by Gasteiger charge is -2.22. The zero-order chi connectivity index (χ0) is 11.8. The number of piperidine rings is 1.